The van der Waals surface area contributed by atoms with Crippen molar-refractivity contribution in [1.82, 2.24) is 4.90 Å². The topological polar surface area (TPSA) is 20.3 Å². The lowest BCUT2D eigenvalue weighted by Gasteiger charge is -2.19. The Labute approximate surface area is 115 Å². The number of carbonyl (C=O) groups excluding carboxylic acids is 1. The Hall–Kier alpha value is -0.350. The molecule has 0 spiro atoms. The van der Waals surface area contributed by atoms with Crippen molar-refractivity contribution in [1.29, 1.82) is 0 Å². The summed E-state index contributed by atoms with van der Waals surface area (Å²) in [6.45, 7) is 3.96. The Balaban J connectivity index is 2.14. The van der Waals surface area contributed by atoms with Gasteiger partial charge in [0.05, 0.1) is 9.35 Å². The van der Waals surface area contributed by atoms with Crippen molar-refractivity contribution in [3.05, 3.63) is 20.3 Å². The molecule has 1 aromatic rings. The summed E-state index contributed by atoms with van der Waals surface area (Å²) in [5.74, 6) is 0.203. The third kappa shape index (κ3) is 3.10. The van der Waals surface area contributed by atoms with Crippen molar-refractivity contribution in [3.63, 3.8) is 0 Å². The molecule has 2 heterocycles. The van der Waals surface area contributed by atoms with Crippen LogP contribution < -0.4 is 0 Å². The van der Waals surface area contributed by atoms with Gasteiger partial charge in [0.1, 0.15) is 0 Å². The van der Waals surface area contributed by atoms with Crippen LogP contribution in [0.3, 0.4) is 0 Å². The maximum Gasteiger partial charge on any atom is 0.255 e. The number of hydrogen-bond donors (Lipinski definition) is 0. The van der Waals surface area contributed by atoms with E-state index in [4.69, 9.17) is 0 Å². The van der Waals surface area contributed by atoms with E-state index >= 15 is 0 Å². The summed E-state index contributed by atoms with van der Waals surface area (Å²) in [6.07, 6.45) is 5.81. The van der Waals surface area contributed by atoms with E-state index in [-0.39, 0.29) is 5.91 Å². The van der Waals surface area contributed by atoms with Gasteiger partial charge in [0.15, 0.2) is 0 Å². The number of likely N-dealkylation sites (tertiary alicyclic amines) is 1. The zero-order chi connectivity index (χ0) is 12.3. The summed E-state index contributed by atoms with van der Waals surface area (Å²) >= 11 is 5.20. The average molecular weight is 316 g/mol. The lowest BCUT2D eigenvalue weighted by molar-refractivity contribution is 0.0761. The third-order valence-electron chi connectivity index (χ3n) is 3.21. The van der Waals surface area contributed by atoms with Gasteiger partial charge in [-0.3, -0.25) is 4.79 Å². The smallest absolute Gasteiger partial charge is 0.255 e. The molecular formula is C13H18BrNOS. The molecule has 0 saturated carbocycles. The number of halogens is 1. The highest BCUT2D eigenvalue weighted by atomic mass is 79.9. The van der Waals surface area contributed by atoms with Gasteiger partial charge in [0.2, 0.25) is 0 Å². The zero-order valence-electron chi connectivity index (χ0n) is 10.2. The Morgan fingerprint density at radius 2 is 2.00 bits per heavy atom. The van der Waals surface area contributed by atoms with E-state index in [0.29, 0.717) is 0 Å². The molecule has 0 N–H and O–H groups in total. The van der Waals surface area contributed by atoms with E-state index in [0.717, 1.165) is 41.7 Å². The van der Waals surface area contributed by atoms with Crippen LogP contribution in [0.4, 0.5) is 0 Å². The van der Waals surface area contributed by atoms with Crippen LogP contribution in [-0.4, -0.2) is 23.9 Å². The van der Waals surface area contributed by atoms with Crippen LogP contribution in [0.15, 0.2) is 9.85 Å². The lowest BCUT2D eigenvalue weighted by Crippen LogP contribution is -2.31. The summed E-state index contributed by atoms with van der Waals surface area (Å²) in [7, 11) is 0. The number of amides is 1. The van der Waals surface area contributed by atoms with Crippen LogP contribution >= 0.6 is 27.3 Å². The molecule has 0 aliphatic carbocycles. The van der Waals surface area contributed by atoms with Gasteiger partial charge in [-0.15, -0.1) is 11.3 Å². The molecule has 1 fully saturated rings. The van der Waals surface area contributed by atoms with E-state index < -0.39 is 0 Å². The Morgan fingerprint density at radius 3 is 2.53 bits per heavy atom. The number of hydrogen-bond acceptors (Lipinski definition) is 2. The Bertz CT molecular complexity index is 394. The summed E-state index contributed by atoms with van der Waals surface area (Å²) in [4.78, 5) is 15.7. The minimum Gasteiger partial charge on any atom is -0.339 e. The predicted molar refractivity (Wildman–Crippen MR) is 75.8 cm³/mol. The molecule has 4 heteroatoms. The second kappa shape index (κ2) is 6.01. The fourth-order valence-corrected chi connectivity index (χ4v) is 3.90. The molecule has 17 heavy (non-hydrogen) atoms. The molecular weight excluding hydrogens is 298 g/mol. The first-order chi connectivity index (χ1) is 8.22. The Morgan fingerprint density at radius 1 is 1.35 bits per heavy atom. The Kier molecular flexibility index (Phi) is 4.62. The molecule has 0 aromatic carbocycles. The maximum atomic E-state index is 12.4. The quantitative estimate of drug-likeness (QED) is 0.805. The van der Waals surface area contributed by atoms with Gasteiger partial charge >= 0.3 is 0 Å². The molecule has 2 nitrogen and oxygen atoms in total. The minimum atomic E-state index is 0.203. The average Bonchev–Trinajstić information content (AvgIpc) is 2.56. The summed E-state index contributed by atoms with van der Waals surface area (Å²) in [5.41, 5.74) is 0.855. The number of rotatable bonds is 2. The molecule has 1 amide bonds. The van der Waals surface area contributed by atoms with Crippen LogP contribution in [0.25, 0.3) is 0 Å². The van der Waals surface area contributed by atoms with Crippen molar-refractivity contribution >= 4 is 33.2 Å². The molecule has 1 aliphatic rings. The highest BCUT2D eigenvalue weighted by Gasteiger charge is 2.21. The summed E-state index contributed by atoms with van der Waals surface area (Å²) < 4.78 is 0.989. The first kappa shape index (κ1) is 13.1. The van der Waals surface area contributed by atoms with Gasteiger partial charge in [-0.2, -0.15) is 0 Å². The molecule has 1 aliphatic heterocycles. The van der Waals surface area contributed by atoms with Gasteiger partial charge in [-0.1, -0.05) is 19.8 Å². The van der Waals surface area contributed by atoms with Crippen molar-refractivity contribution < 1.29 is 4.79 Å². The zero-order valence-corrected chi connectivity index (χ0v) is 12.6. The van der Waals surface area contributed by atoms with Crippen LogP contribution in [0, 0.1) is 0 Å². The van der Waals surface area contributed by atoms with Gasteiger partial charge in [0, 0.05) is 18.0 Å². The second-order valence-corrected chi connectivity index (χ2v) is 6.91. The van der Waals surface area contributed by atoms with Gasteiger partial charge < -0.3 is 4.90 Å². The van der Waals surface area contributed by atoms with Crippen molar-refractivity contribution in [2.24, 2.45) is 0 Å². The van der Waals surface area contributed by atoms with E-state index in [2.05, 4.69) is 22.9 Å². The highest BCUT2D eigenvalue weighted by molar-refractivity contribution is 9.11. The third-order valence-corrected chi connectivity index (χ3v) is 5.19. The van der Waals surface area contributed by atoms with E-state index in [1.165, 1.54) is 17.7 Å². The minimum absolute atomic E-state index is 0.203. The molecule has 0 atom stereocenters. The largest absolute Gasteiger partial charge is 0.339 e. The first-order valence-corrected chi connectivity index (χ1v) is 7.90. The second-order valence-electron chi connectivity index (χ2n) is 4.46. The van der Waals surface area contributed by atoms with Crippen molar-refractivity contribution in [2.75, 3.05) is 13.1 Å². The standard InChI is InChI=1S/C13H18BrNOS/c1-2-10-9-11(12(14)17-10)13(16)15-7-5-3-4-6-8-15/h9H,2-8H2,1H3. The van der Waals surface area contributed by atoms with Gasteiger partial charge in [0.25, 0.3) is 5.91 Å². The summed E-state index contributed by atoms with van der Waals surface area (Å²) in [6, 6.07) is 2.04. The molecule has 1 aromatic heterocycles. The fourth-order valence-electron chi connectivity index (χ4n) is 2.18. The van der Waals surface area contributed by atoms with E-state index in [9.17, 15) is 4.79 Å². The van der Waals surface area contributed by atoms with Crippen LogP contribution in [0.5, 0.6) is 0 Å². The van der Waals surface area contributed by atoms with Crippen LogP contribution in [-0.2, 0) is 6.42 Å². The molecule has 1 saturated heterocycles. The predicted octanol–water partition coefficient (Wildman–Crippen LogP) is 4.09. The SMILES string of the molecule is CCc1cc(C(=O)N2CCCCCC2)c(Br)s1. The monoisotopic (exact) mass is 315 g/mol. The highest BCUT2D eigenvalue weighted by Crippen LogP contribution is 2.30. The molecule has 0 unspecified atom stereocenters. The number of aryl methyl sites for hydroxylation is 1. The first-order valence-electron chi connectivity index (χ1n) is 6.30. The van der Waals surface area contributed by atoms with E-state index in [1.807, 2.05) is 11.0 Å². The van der Waals surface area contributed by atoms with E-state index in [1.54, 1.807) is 11.3 Å². The number of nitrogens with zero attached hydrogens (tertiary/aromatic N) is 1. The number of thiophene rings is 1. The van der Waals surface area contributed by atoms with Gasteiger partial charge in [-0.25, -0.2) is 0 Å². The molecule has 2 rings (SSSR count). The maximum absolute atomic E-state index is 12.4. The number of carbonyl (C=O) groups is 1. The van der Waals surface area contributed by atoms with Crippen LogP contribution in [0.1, 0.15) is 47.8 Å². The normalized spacial score (nSPS) is 16.9. The fraction of sp³-hybridized carbons (Fsp3) is 0.615. The molecule has 94 valence electrons. The van der Waals surface area contributed by atoms with Gasteiger partial charge in [-0.05, 0) is 41.3 Å². The van der Waals surface area contributed by atoms with Crippen molar-refractivity contribution in [3.8, 4) is 0 Å². The van der Waals surface area contributed by atoms with Crippen LogP contribution in [0.2, 0.25) is 0 Å². The lowest BCUT2D eigenvalue weighted by atomic mass is 10.2. The van der Waals surface area contributed by atoms with Crippen molar-refractivity contribution in [2.45, 2.75) is 39.0 Å². The molecule has 0 radical (unpaired) electrons. The molecule has 0 bridgehead atoms. The summed E-state index contributed by atoms with van der Waals surface area (Å²) in [5, 5.41) is 0.